The summed E-state index contributed by atoms with van der Waals surface area (Å²) in [7, 11) is -3.59. The van der Waals surface area contributed by atoms with Crippen LogP contribution in [0.25, 0.3) is 0 Å². The molecule has 29 heavy (non-hydrogen) atoms. The molecule has 156 valence electrons. The number of carbonyl (C=O) groups excluding carboxylic acids is 1. The highest BCUT2D eigenvalue weighted by atomic mass is 35.5. The van der Waals surface area contributed by atoms with E-state index >= 15 is 0 Å². The van der Waals surface area contributed by atoms with Crippen LogP contribution in [-0.4, -0.2) is 55.8 Å². The maximum absolute atomic E-state index is 12.8. The highest BCUT2D eigenvalue weighted by Crippen LogP contribution is 2.26. The van der Waals surface area contributed by atoms with Crippen LogP contribution < -0.4 is 5.32 Å². The second-order valence-electron chi connectivity index (χ2n) is 6.68. The van der Waals surface area contributed by atoms with Gasteiger partial charge >= 0.3 is 0 Å². The van der Waals surface area contributed by atoms with E-state index in [1.54, 1.807) is 37.3 Å². The second-order valence-corrected chi connectivity index (χ2v) is 9.90. The van der Waals surface area contributed by atoms with Crippen molar-refractivity contribution >= 4 is 56.4 Å². The highest BCUT2D eigenvalue weighted by Gasteiger charge is 2.32. The predicted octanol–water partition coefficient (Wildman–Crippen LogP) is 3.98. The minimum absolute atomic E-state index is 0.205. The number of benzene rings is 2. The van der Waals surface area contributed by atoms with Crippen LogP contribution in [0.2, 0.25) is 15.1 Å². The van der Waals surface area contributed by atoms with Gasteiger partial charge in [-0.3, -0.25) is 9.69 Å². The molecule has 0 aromatic heterocycles. The number of amides is 1. The summed E-state index contributed by atoms with van der Waals surface area (Å²) in [6, 6.07) is 10.5. The van der Waals surface area contributed by atoms with Crippen LogP contribution in [0.5, 0.6) is 0 Å². The Morgan fingerprint density at radius 1 is 0.966 bits per heavy atom. The SMILES string of the molecule is C[C@H](C(=O)Nc1cc(Cl)ccc1Cl)N1CCN(S(=O)(=O)c2ccc(Cl)cc2)CC1. The first-order valence-electron chi connectivity index (χ1n) is 8.94. The van der Waals surface area contributed by atoms with Gasteiger partial charge in [0.15, 0.2) is 0 Å². The zero-order valence-corrected chi connectivity index (χ0v) is 18.7. The molecule has 3 rings (SSSR count). The lowest BCUT2D eigenvalue weighted by Crippen LogP contribution is -2.53. The smallest absolute Gasteiger partial charge is 0.243 e. The van der Waals surface area contributed by atoms with Crippen LogP contribution in [0.4, 0.5) is 5.69 Å². The Hall–Kier alpha value is -1.35. The van der Waals surface area contributed by atoms with E-state index < -0.39 is 16.1 Å². The van der Waals surface area contributed by atoms with Crippen LogP contribution in [0.3, 0.4) is 0 Å². The summed E-state index contributed by atoms with van der Waals surface area (Å²) in [4.78, 5) is 14.7. The fourth-order valence-electron chi connectivity index (χ4n) is 3.08. The normalized spacial score (nSPS) is 17.1. The van der Waals surface area contributed by atoms with E-state index in [0.29, 0.717) is 46.9 Å². The lowest BCUT2D eigenvalue weighted by Gasteiger charge is -2.36. The summed E-state index contributed by atoms with van der Waals surface area (Å²) in [6.45, 7) is 3.23. The molecule has 2 aromatic carbocycles. The highest BCUT2D eigenvalue weighted by molar-refractivity contribution is 7.89. The third-order valence-corrected chi connectivity index (χ3v) is 7.57. The molecule has 1 fully saturated rings. The third kappa shape index (κ3) is 5.23. The predicted molar refractivity (Wildman–Crippen MR) is 116 cm³/mol. The first-order valence-corrected chi connectivity index (χ1v) is 11.5. The molecule has 1 atom stereocenters. The number of hydrogen-bond donors (Lipinski definition) is 1. The van der Waals surface area contributed by atoms with Gasteiger partial charge < -0.3 is 5.32 Å². The van der Waals surface area contributed by atoms with Crippen LogP contribution in [0.15, 0.2) is 47.4 Å². The summed E-state index contributed by atoms with van der Waals surface area (Å²) in [5, 5.41) is 4.13. The van der Waals surface area contributed by atoms with Gasteiger partial charge in [0.1, 0.15) is 0 Å². The van der Waals surface area contributed by atoms with Gasteiger partial charge in [0.05, 0.1) is 21.6 Å². The van der Waals surface area contributed by atoms with Crippen molar-refractivity contribution in [2.75, 3.05) is 31.5 Å². The maximum Gasteiger partial charge on any atom is 0.243 e. The van der Waals surface area contributed by atoms with Crippen molar-refractivity contribution < 1.29 is 13.2 Å². The molecule has 1 aliphatic heterocycles. The summed E-state index contributed by atoms with van der Waals surface area (Å²) in [5.74, 6) is -0.233. The first kappa shape index (κ1) is 22.3. The molecule has 1 aliphatic rings. The lowest BCUT2D eigenvalue weighted by atomic mass is 10.2. The van der Waals surface area contributed by atoms with Crippen molar-refractivity contribution in [3.63, 3.8) is 0 Å². The van der Waals surface area contributed by atoms with Gasteiger partial charge in [0, 0.05) is 36.2 Å². The topological polar surface area (TPSA) is 69.7 Å². The monoisotopic (exact) mass is 475 g/mol. The minimum Gasteiger partial charge on any atom is -0.323 e. The Labute approximate surface area is 185 Å². The van der Waals surface area contributed by atoms with Crippen molar-refractivity contribution in [3.05, 3.63) is 57.5 Å². The molecular weight excluding hydrogens is 457 g/mol. The summed E-state index contributed by atoms with van der Waals surface area (Å²) in [5.41, 5.74) is 0.444. The molecule has 0 saturated carbocycles. The zero-order valence-electron chi connectivity index (χ0n) is 15.6. The van der Waals surface area contributed by atoms with E-state index in [0.717, 1.165) is 0 Å². The van der Waals surface area contributed by atoms with Gasteiger partial charge in [-0.1, -0.05) is 34.8 Å². The van der Waals surface area contributed by atoms with Crippen LogP contribution in [-0.2, 0) is 14.8 Å². The second kappa shape index (κ2) is 9.20. The van der Waals surface area contributed by atoms with Crippen molar-refractivity contribution in [1.82, 2.24) is 9.21 Å². The number of halogens is 3. The lowest BCUT2D eigenvalue weighted by molar-refractivity contribution is -0.121. The van der Waals surface area contributed by atoms with E-state index in [9.17, 15) is 13.2 Å². The molecular formula is C19H20Cl3N3O3S. The van der Waals surface area contributed by atoms with Gasteiger partial charge in [0.2, 0.25) is 15.9 Å². The largest absolute Gasteiger partial charge is 0.323 e. The molecule has 0 aliphatic carbocycles. The van der Waals surface area contributed by atoms with Crippen molar-refractivity contribution in [1.29, 1.82) is 0 Å². The number of sulfonamides is 1. The maximum atomic E-state index is 12.8. The zero-order chi connectivity index (χ0) is 21.2. The molecule has 1 N–H and O–H groups in total. The fourth-order valence-corrected chi connectivity index (χ4v) is 4.97. The molecule has 1 saturated heterocycles. The molecule has 2 aromatic rings. The standard InChI is InChI=1S/C19H20Cl3N3O3S/c1-13(19(26)23-18-12-15(21)4-7-17(18)22)24-8-10-25(11-9-24)29(27,28)16-5-2-14(20)3-6-16/h2-7,12-13H,8-11H2,1H3,(H,23,26)/t13-/m1/s1. The Kier molecular flexibility index (Phi) is 7.09. The third-order valence-electron chi connectivity index (χ3n) is 4.84. The van der Waals surface area contributed by atoms with Crippen molar-refractivity contribution in [2.45, 2.75) is 17.9 Å². The van der Waals surface area contributed by atoms with Gasteiger partial charge in [-0.2, -0.15) is 4.31 Å². The molecule has 0 spiro atoms. The molecule has 1 amide bonds. The quantitative estimate of drug-likeness (QED) is 0.709. The van der Waals surface area contributed by atoms with Gasteiger partial charge in [0.25, 0.3) is 0 Å². The molecule has 0 unspecified atom stereocenters. The Balaban J connectivity index is 1.61. The Morgan fingerprint density at radius 2 is 1.55 bits per heavy atom. The fraction of sp³-hybridized carbons (Fsp3) is 0.316. The number of rotatable bonds is 5. The molecule has 0 bridgehead atoms. The van der Waals surface area contributed by atoms with Crippen LogP contribution >= 0.6 is 34.8 Å². The summed E-state index contributed by atoms with van der Waals surface area (Å²) < 4.78 is 27.0. The minimum atomic E-state index is -3.59. The number of nitrogens with one attached hydrogen (secondary N) is 1. The van der Waals surface area contributed by atoms with E-state index in [4.69, 9.17) is 34.8 Å². The van der Waals surface area contributed by atoms with E-state index in [2.05, 4.69) is 5.32 Å². The van der Waals surface area contributed by atoms with E-state index in [1.165, 1.54) is 16.4 Å². The van der Waals surface area contributed by atoms with Crippen molar-refractivity contribution in [3.8, 4) is 0 Å². The number of anilines is 1. The van der Waals surface area contributed by atoms with E-state index in [-0.39, 0.29) is 10.8 Å². The average Bonchev–Trinajstić information content (AvgIpc) is 2.70. The molecule has 0 radical (unpaired) electrons. The first-order chi connectivity index (χ1) is 13.7. The number of hydrogen-bond acceptors (Lipinski definition) is 4. The molecule has 1 heterocycles. The summed E-state index contributed by atoms with van der Waals surface area (Å²) in [6.07, 6.45) is 0. The van der Waals surface area contributed by atoms with E-state index in [1.807, 2.05) is 4.90 Å². The number of piperazine rings is 1. The summed E-state index contributed by atoms with van der Waals surface area (Å²) >= 11 is 17.9. The number of carbonyl (C=O) groups is 1. The van der Waals surface area contributed by atoms with Gasteiger partial charge in [-0.15, -0.1) is 0 Å². The average molecular weight is 477 g/mol. The van der Waals surface area contributed by atoms with Gasteiger partial charge in [-0.25, -0.2) is 8.42 Å². The molecule has 6 nitrogen and oxygen atoms in total. The van der Waals surface area contributed by atoms with Crippen molar-refractivity contribution in [2.24, 2.45) is 0 Å². The number of nitrogens with zero attached hydrogens (tertiary/aromatic N) is 2. The van der Waals surface area contributed by atoms with Gasteiger partial charge in [-0.05, 0) is 49.4 Å². The van der Waals surface area contributed by atoms with Crippen LogP contribution in [0, 0.1) is 0 Å². The van der Waals surface area contributed by atoms with Crippen LogP contribution in [0.1, 0.15) is 6.92 Å². The Morgan fingerprint density at radius 3 is 2.17 bits per heavy atom. The molecule has 10 heteroatoms. The Bertz CT molecular complexity index is 992.